The van der Waals surface area contributed by atoms with Gasteiger partial charge in [-0.2, -0.15) is 13.2 Å². The zero-order valence-corrected chi connectivity index (χ0v) is 11.1. The van der Waals surface area contributed by atoms with Crippen LogP contribution >= 0.6 is 0 Å². The maximum Gasteiger partial charge on any atom is 0.491 e. The Morgan fingerprint density at radius 1 is 0.909 bits per heavy atom. The lowest BCUT2D eigenvalue weighted by Gasteiger charge is -2.12. The van der Waals surface area contributed by atoms with E-state index in [1.807, 2.05) is 0 Å². The maximum atomic E-state index is 12.2. The van der Waals surface area contributed by atoms with E-state index < -0.39 is 18.1 Å². The van der Waals surface area contributed by atoms with Gasteiger partial charge in [0.05, 0.1) is 5.69 Å². The molecule has 2 aromatic rings. The number of carbonyl (C=O) groups excluding carboxylic acids is 2. The van der Waals surface area contributed by atoms with Crippen molar-refractivity contribution in [2.75, 3.05) is 5.32 Å². The monoisotopic (exact) mass is 309 g/mol. The second-order valence-electron chi connectivity index (χ2n) is 4.20. The number of anilines is 1. The minimum Gasteiger partial charge on any atom is -0.418 e. The van der Waals surface area contributed by atoms with Crippen LogP contribution < -0.4 is 10.1 Å². The van der Waals surface area contributed by atoms with Crippen LogP contribution in [0.25, 0.3) is 0 Å². The number of amides is 1. The predicted octanol–water partition coefficient (Wildman–Crippen LogP) is 3.41. The Labute approximate surface area is 123 Å². The topological polar surface area (TPSA) is 55.4 Å². The number of para-hydroxylation sites is 2. The van der Waals surface area contributed by atoms with Gasteiger partial charge >= 0.3 is 12.1 Å². The van der Waals surface area contributed by atoms with Gasteiger partial charge in [0.15, 0.2) is 5.75 Å². The van der Waals surface area contributed by atoms with Crippen molar-refractivity contribution < 1.29 is 27.5 Å². The quantitative estimate of drug-likeness (QED) is 0.698. The summed E-state index contributed by atoms with van der Waals surface area (Å²) in [6.45, 7) is 0. The third-order valence-electron chi connectivity index (χ3n) is 2.61. The molecule has 0 atom stereocenters. The number of hydrogen-bond acceptors (Lipinski definition) is 3. The molecule has 0 aliphatic carbocycles. The number of alkyl halides is 3. The second-order valence-corrected chi connectivity index (χ2v) is 4.20. The Balaban J connectivity index is 2.19. The number of hydrogen-bond donors (Lipinski definition) is 1. The molecule has 0 unspecified atom stereocenters. The average molecular weight is 309 g/mol. The van der Waals surface area contributed by atoms with Crippen LogP contribution in [0.4, 0.5) is 18.9 Å². The summed E-state index contributed by atoms with van der Waals surface area (Å²) in [4.78, 5) is 22.9. The summed E-state index contributed by atoms with van der Waals surface area (Å²) in [7, 11) is 0. The Morgan fingerprint density at radius 3 is 2.14 bits per heavy atom. The highest BCUT2D eigenvalue weighted by Crippen LogP contribution is 2.27. The lowest BCUT2D eigenvalue weighted by atomic mass is 10.2. The van der Waals surface area contributed by atoms with Crippen molar-refractivity contribution in [3.63, 3.8) is 0 Å². The molecule has 114 valence electrons. The van der Waals surface area contributed by atoms with Crippen LogP contribution in [0, 0.1) is 0 Å². The van der Waals surface area contributed by atoms with Crippen molar-refractivity contribution in [3.8, 4) is 5.75 Å². The van der Waals surface area contributed by atoms with E-state index in [-0.39, 0.29) is 11.4 Å². The average Bonchev–Trinajstić information content (AvgIpc) is 2.49. The van der Waals surface area contributed by atoms with Crippen LogP contribution in [0.15, 0.2) is 54.6 Å². The molecule has 1 N–H and O–H groups in total. The lowest BCUT2D eigenvalue weighted by Crippen LogP contribution is -2.28. The normalized spacial score (nSPS) is 10.9. The van der Waals surface area contributed by atoms with Crippen LogP contribution in [0.2, 0.25) is 0 Å². The number of carbonyl (C=O) groups is 2. The van der Waals surface area contributed by atoms with Crippen LogP contribution in [0.3, 0.4) is 0 Å². The SMILES string of the molecule is O=C(Nc1ccccc1OC(=O)C(F)(F)F)c1ccccc1. The fraction of sp³-hybridized carbons (Fsp3) is 0.0667. The molecule has 0 aliphatic rings. The van der Waals surface area contributed by atoms with E-state index in [1.165, 1.54) is 18.2 Å². The third-order valence-corrected chi connectivity index (χ3v) is 2.61. The molecule has 2 aromatic carbocycles. The van der Waals surface area contributed by atoms with E-state index in [0.29, 0.717) is 5.56 Å². The van der Waals surface area contributed by atoms with Crippen molar-refractivity contribution in [1.82, 2.24) is 0 Å². The molecule has 0 saturated heterocycles. The van der Waals surface area contributed by atoms with Gasteiger partial charge in [0.1, 0.15) is 0 Å². The molecule has 0 bridgehead atoms. The van der Waals surface area contributed by atoms with Crippen LogP contribution in [-0.4, -0.2) is 18.1 Å². The molecule has 7 heteroatoms. The first-order valence-corrected chi connectivity index (χ1v) is 6.12. The highest BCUT2D eigenvalue weighted by Gasteiger charge is 2.41. The van der Waals surface area contributed by atoms with E-state index in [2.05, 4.69) is 10.1 Å². The van der Waals surface area contributed by atoms with Crippen molar-refractivity contribution in [2.45, 2.75) is 6.18 Å². The summed E-state index contributed by atoms with van der Waals surface area (Å²) in [6.07, 6.45) is -5.11. The third kappa shape index (κ3) is 3.85. The van der Waals surface area contributed by atoms with E-state index in [4.69, 9.17) is 0 Å². The van der Waals surface area contributed by atoms with Crippen molar-refractivity contribution in [1.29, 1.82) is 0 Å². The maximum absolute atomic E-state index is 12.2. The Kier molecular flexibility index (Phi) is 4.45. The second kappa shape index (κ2) is 6.30. The number of benzene rings is 2. The first-order chi connectivity index (χ1) is 10.4. The molecule has 0 heterocycles. The van der Waals surface area contributed by atoms with Crippen LogP contribution in [0.1, 0.15) is 10.4 Å². The van der Waals surface area contributed by atoms with Gasteiger partial charge in [0, 0.05) is 5.56 Å². The molecule has 1 amide bonds. The lowest BCUT2D eigenvalue weighted by molar-refractivity contribution is -0.189. The summed E-state index contributed by atoms with van der Waals surface area (Å²) in [5.41, 5.74) is 0.286. The first-order valence-electron chi connectivity index (χ1n) is 6.12. The van der Waals surface area contributed by atoms with Gasteiger partial charge in [0.25, 0.3) is 5.91 Å². The summed E-state index contributed by atoms with van der Waals surface area (Å²) < 4.78 is 41.0. The minimum absolute atomic E-state index is 0.0334. The summed E-state index contributed by atoms with van der Waals surface area (Å²) in [5, 5.41) is 2.40. The molecule has 4 nitrogen and oxygen atoms in total. The summed E-state index contributed by atoms with van der Waals surface area (Å²) in [5.74, 6) is -3.26. The van der Waals surface area contributed by atoms with E-state index in [0.717, 1.165) is 6.07 Å². The molecule has 0 aromatic heterocycles. The van der Waals surface area contributed by atoms with Crippen LogP contribution in [0.5, 0.6) is 5.75 Å². The molecule has 0 aliphatic heterocycles. The van der Waals surface area contributed by atoms with Gasteiger partial charge in [-0.1, -0.05) is 30.3 Å². The van der Waals surface area contributed by atoms with E-state index in [9.17, 15) is 22.8 Å². The molecule has 0 fully saturated rings. The zero-order chi connectivity index (χ0) is 16.2. The smallest absolute Gasteiger partial charge is 0.418 e. The Hall–Kier alpha value is -2.83. The van der Waals surface area contributed by atoms with E-state index in [1.54, 1.807) is 30.3 Å². The van der Waals surface area contributed by atoms with Gasteiger partial charge in [-0.05, 0) is 24.3 Å². The van der Waals surface area contributed by atoms with Crippen LogP contribution in [-0.2, 0) is 4.79 Å². The minimum atomic E-state index is -5.11. The highest BCUT2D eigenvalue weighted by molar-refractivity contribution is 6.05. The number of nitrogens with one attached hydrogen (secondary N) is 1. The summed E-state index contributed by atoms with van der Waals surface area (Å²) >= 11 is 0. The van der Waals surface area contributed by atoms with E-state index >= 15 is 0 Å². The van der Waals surface area contributed by atoms with Crippen molar-refractivity contribution in [3.05, 3.63) is 60.2 Å². The highest BCUT2D eigenvalue weighted by atomic mass is 19.4. The number of esters is 1. The molecular weight excluding hydrogens is 299 g/mol. The van der Waals surface area contributed by atoms with Gasteiger partial charge in [-0.3, -0.25) is 4.79 Å². The predicted molar refractivity (Wildman–Crippen MR) is 72.5 cm³/mol. The van der Waals surface area contributed by atoms with Gasteiger partial charge in [0.2, 0.25) is 0 Å². The molecular formula is C15H10F3NO3. The largest absolute Gasteiger partial charge is 0.491 e. The van der Waals surface area contributed by atoms with Crippen molar-refractivity contribution in [2.24, 2.45) is 0 Å². The number of rotatable bonds is 3. The van der Waals surface area contributed by atoms with Gasteiger partial charge < -0.3 is 10.1 Å². The number of halogens is 3. The summed E-state index contributed by atoms with van der Waals surface area (Å²) in [6, 6.07) is 13.5. The number of ether oxygens (including phenoxy) is 1. The van der Waals surface area contributed by atoms with Gasteiger partial charge in [-0.25, -0.2) is 4.79 Å². The Morgan fingerprint density at radius 2 is 1.50 bits per heavy atom. The first kappa shape index (κ1) is 15.6. The standard InChI is InChI=1S/C15H10F3NO3/c16-15(17,18)14(21)22-12-9-5-4-8-11(12)19-13(20)10-6-2-1-3-7-10/h1-9H,(H,19,20). The van der Waals surface area contributed by atoms with Crippen molar-refractivity contribution >= 4 is 17.6 Å². The molecule has 22 heavy (non-hydrogen) atoms. The fourth-order valence-electron chi connectivity index (χ4n) is 1.60. The molecule has 0 spiro atoms. The van der Waals surface area contributed by atoms with Gasteiger partial charge in [-0.15, -0.1) is 0 Å². The zero-order valence-electron chi connectivity index (χ0n) is 11.1. The molecule has 0 saturated carbocycles. The molecule has 0 radical (unpaired) electrons. The Bertz CT molecular complexity index is 684. The molecule has 2 rings (SSSR count). The fourth-order valence-corrected chi connectivity index (χ4v) is 1.60.